The number of esters is 1. The summed E-state index contributed by atoms with van der Waals surface area (Å²) in [4.78, 5) is 111. The van der Waals surface area contributed by atoms with Crippen LogP contribution in [-0.2, 0) is 48.8 Å². The number of phosphoric ester groups is 1. The molecule has 23 heteroatoms. The minimum atomic E-state index is -5.32. The lowest BCUT2D eigenvalue weighted by atomic mass is 10.0. The van der Waals surface area contributed by atoms with Gasteiger partial charge in [0, 0.05) is 18.5 Å². The van der Waals surface area contributed by atoms with Crippen LogP contribution in [0, 0.1) is 5.92 Å². The first-order valence-corrected chi connectivity index (χ1v) is 18.4. The van der Waals surface area contributed by atoms with Crippen molar-refractivity contribution >= 4 is 49.2 Å². The topological polar surface area (TPSA) is 293 Å². The third-order valence-corrected chi connectivity index (χ3v) is 8.86. The molecule has 55 heavy (non-hydrogen) atoms. The number of ether oxygens (including phenoxy) is 1. The normalized spacial score (nSPS) is 17.3. The van der Waals surface area contributed by atoms with Gasteiger partial charge in [-0.1, -0.05) is 19.9 Å². The molecule has 2 rings (SSSR count). The fourth-order valence-electron chi connectivity index (χ4n) is 5.59. The number of carbonyl (C=O) groups is 7. The lowest BCUT2D eigenvalue weighted by molar-refractivity contribution is -0.148. The van der Waals surface area contributed by atoms with Crippen molar-refractivity contribution in [2.24, 2.45) is 11.7 Å². The van der Waals surface area contributed by atoms with Crippen LogP contribution in [0.2, 0.25) is 0 Å². The average Bonchev–Trinajstić information content (AvgIpc) is 3.59. The Balaban J connectivity index is 2.34. The van der Waals surface area contributed by atoms with E-state index in [0.717, 1.165) is 31.1 Å². The van der Waals surface area contributed by atoms with Gasteiger partial charge in [-0.3, -0.25) is 33.3 Å². The number of primary amides is 1. The molecule has 1 heterocycles. The zero-order valence-corrected chi connectivity index (χ0v) is 31.2. The summed E-state index contributed by atoms with van der Waals surface area (Å²) in [6.45, 7) is 3.35. The van der Waals surface area contributed by atoms with Crippen LogP contribution in [0.5, 0.6) is 0 Å². The van der Waals surface area contributed by atoms with Gasteiger partial charge in [-0.2, -0.15) is 13.2 Å². The molecule has 1 aliphatic heterocycles. The van der Waals surface area contributed by atoms with Crippen LogP contribution in [0.1, 0.15) is 68.8 Å². The number of amides is 6. The Labute approximate surface area is 313 Å². The summed E-state index contributed by atoms with van der Waals surface area (Å²) in [6.07, 6.45) is -7.08. The lowest BCUT2D eigenvalue weighted by Gasteiger charge is -2.33. The van der Waals surface area contributed by atoms with Crippen molar-refractivity contribution in [1.29, 1.82) is 0 Å². The van der Waals surface area contributed by atoms with Crippen LogP contribution in [-0.4, -0.2) is 118 Å². The number of benzene rings is 1. The second-order valence-electron chi connectivity index (χ2n) is 13.0. The maximum atomic E-state index is 13.9. The predicted octanol–water partition coefficient (Wildman–Crippen LogP) is -0.776. The van der Waals surface area contributed by atoms with Gasteiger partial charge in [0.15, 0.2) is 0 Å². The van der Waals surface area contributed by atoms with E-state index in [4.69, 9.17) is 10.5 Å². The molecule has 0 radical (unpaired) electrons. The molecular weight excluding hydrogens is 764 g/mol. The van der Waals surface area contributed by atoms with Gasteiger partial charge < -0.3 is 51.5 Å². The van der Waals surface area contributed by atoms with Gasteiger partial charge in [0.2, 0.25) is 29.5 Å². The van der Waals surface area contributed by atoms with Crippen LogP contribution < -0.4 is 27.0 Å². The molecule has 9 N–H and O–H groups in total. The fourth-order valence-corrected chi connectivity index (χ4v) is 6.14. The fraction of sp³-hybridized carbons (Fsp3) is 0.594. The molecule has 0 saturated carbocycles. The second kappa shape index (κ2) is 20.3. The zero-order chi connectivity index (χ0) is 41.8. The van der Waals surface area contributed by atoms with Crippen molar-refractivity contribution in [3.05, 3.63) is 35.4 Å². The number of nitrogens with two attached hydrogens (primary N) is 1. The standard InChI is InChI=1S/C32H46F3N6O13P/c1-16(2)13-21(31(49)53-4)38-29(47)23-9-6-12-41(23)30(48)25(17(3)54-55(50,51)52)40-28(46)22(15-42)39-27(45)20(10-11-24(36)43)37-26(44)18-7-5-8-19(14-18)32(33,34)35/h5,7-8,14,16-17,20-23,25,42H,6,9-13,15H2,1-4H3,(H2,36,43)(H,37,44)(H,38,47)(H,39,45)(H,40,46)(H2,50,51,52)/t17-,20+,21+,22+,23+,25+/m1/s1. The first-order valence-electron chi connectivity index (χ1n) is 16.9. The summed E-state index contributed by atoms with van der Waals surface area (Å²) in [5.41, 5.74) is 3.47. The highest BCUT2D eigenvalue weighted by Crippen LogP contribution is 2.38. The number of likely N-dealkylation sites (tertiary alicyclic amines) is 1. The second-order valence-corrected chi connectivity index (χ2v) is 14.2. The van der Waals surface area contributed by atoms with Crippen LogP contribution in [0.15, 0.2) is 24.3 Å². The minimum absolute atomic E-state index is 0.0547. The molecule has 0 bridgehead atoms. The largest absolute Gasteiger partial charge is 0.469 e. The molecule has 0 aliphatic carbocycles. The zero-order valence-electron chi connectivity index (χ0n) is 30.3. The minimum Gasteiger partial charge on any atom is -0.467 e. The highest BCUT2D eigenvalue weighted by atomic mass is 31.2. The first-order chi connectivity index (χ1) is 25.5. The number of alkyl halides is 3. The Kier molecular flexibility index (Phi) is 17.2. The van der Waals surface area contributed by atoms with E-state index in [9.17, 15) is 66.2 Å². The van der Waals surface area contributed by atoms with E-state index >= 15 is 0 Å². The number of nitrogens with one attached hydrogen (secondary N) is 4. The highest BCUT2D eigenvalue weighted by Gasteiger charge is 2.43. The van der Waals surface area contributed by atoms with Crippen molar-refractivity contribution in [3.63, 3.8) is 0 Å². The summed E-state index contributed by atoms with van der Waals surface area (Å²) < 4.78 is 60.8. The van der Waals surface area contributed by atoms with Gasteiger partial charge in [-0.25, -0.2) is 9.36 Å². The Morgan fingerprint density at radius 2 is 1.62 bits per heavy atom. The van der Waals surface area contributed by atoms with E-state index in [0.29, 0.717) is 12.1 Å². The Morgan fingerprint density at radius 1 is 0.982 bits per heavy atom. The third kappa shape index (κ3) is 14.5. The summed E-state index contributed by atoms with van der Waals surface area (Å²) in [6, 6.07) is -4.72. The summed E-state index contributed by atoms with van der Waals surface area (Å²) in [5.74, 6) is -7.28. The van der Waals surface area contributed by atoms with E-state index in [1.54, 1.807) is 13.8 Å². The van der Waals surface area contributed by atoms with Crippen molar-refractivity contribution in [1.82, 2.24) is 26.2 Å². The molecule has 19 nitrogen and oxygen atoms in total. The molecule has 1 saturated heterocycles. The SMILES string of the molecule is COC(=O)[C@H](CC(C)C)NC(=O)[C@@H]1CCCN1C(=O)[C@@H](NC(=O)[C@H](CO)NC(=O)[C@H](CCC(N)=O)NC(=O)c1cccc(C(F)(F)F)c1)[C@@H](C)OP(=O)(O)O. The van der Waals surface area contributed by atoms with Gasteiger partial charge in [0.1, 0.15) is 30.2 Å². The molecule has 308 valence electrons. The number of hydrogen-bond acceptors (Lipinski definition) is 11. The monoisotopic (exact) mass is 810 g/mol. The van der Waals surface area contributed by atoms with Gasteiger partial charge >= 0.3 is 20.0 Å². The maximum absolute atomic E-state index is 13.9. The Hall–Kier alpha value is -4.63. The number of nitrogens with zero attached hydrogens (tertiary/aromatic N) is 1. The number of rotatable bonds is 19. The summed E-state index contributed by atoms with van der Waals surface area (Å²) in [7, 11) is -4.19. The number of halogens is 3. The van der Waals surface area contributed by atoms with Crippen molar-refractivity contribution in [3.8, 4) is 0 Å². The third-order valence-electron chi connectivity index (χ3n) is 8.25. The quantitative estimate of drug-likeness (QED) is 0.0630. The van der Waals surface area contributed by atoms with E-state index in [-0.39, 0.29) is 31.7 Å². The smallest absolute Gasteiger partial charge is 0.467 e. The van der Waals surface area contributed by atoms with Gasteiger partial charge in [0.25, 0.3) is 5.91 Å². The first kappa shape index (κ1) is 46.5. The van der Waals surface area contributed by atoms with Gasteiger partial charge in [-0.15, -0.1) is 0 Å². The number of hydrogen-bond donors (Lipinski definition) is 8. The van der Waals surface area contributed by atoms with E-state index < -0.39 is 122 Å². The Morgan fingerprint density at radius 3 is 2.16 bits per heavy atom. The molecule has 1 fully saturated rings. The highest BCUT2D eigenvalue weighted by molar-refractivity contribution is 7.46. The number of methoxy groups -OCH3 is 1. The Bertz CT molecular complexity index is 1630. The van der Waals surface area contributed by atoms with Gasteiger partial charge in [0.05, 0.1) is 25.4 Å². The van der Waals surface area contributed by atoms with E-state index in [1.165, 1.54) is 0 Å². The van der Waals surface area contributed by atoms with Crippen molar-refractivity contribution < 1.29 is 75.5 Å². The van der Waals surface area contributed by atoms with Gasteiger partial charge in [-0.05, 0) is 56.7 Å². The number of carbonyl (C=O) groups excluding carboxylic acids is 7. The molecule has 0 unspecified atom stereocenters. The number of phosphoric acid groups is 1. The predicted molar refractivity (Wildman–Crippen MR) is 183 cm³/mol. The average molecular weight is 811 g/mol. The molecule has 0 spiro atoms. The molecule has 0 aromatic heterocycles. The number of aliphatic hydroxyl groups excluding tert-OH is 1. The molecular formula is C32H46F3N6O13P. The molecule has 6 amide bonds. The van der Waals surface area contributed by atoms with E-state index in [1.807, 2.05) is 0 Å². The molecule has 1 aromatic carbocycles. The molecule has 1 aliphatic rings. The van der Waals surface area contributed by atoms with Crippen molar-refractivity contribution in [2.75, 3.05) is 20.3 Å². The van der Waals surface area contributed by atoms with E-state index in [2.05, 4.69) is 25.8 Å². The number of aliphatic hydroxyl groups is 1. The maximum Gasteiger partial charge on any atom is 0.469 e. The van der Waals surface area contributed by atoms with Crippen LogP contribution >= 0.6 is 7.82 Å². The van der Waals surface area contributed by atoms with Crippen LogP contribution in [0.4, 0.5) is 13.2 Å². The summed E-state index contributed by atoms with van der Waals surface area (Å²) >= 11 is 0. The summed E-state index contributed by atoms with van der Waals surface area (Å²) in [5, 5.41) is 19.0. The van der Waals surface area contributed by atoms with Crippen molar-refractivity contribution in [2.45, 2.75) is 95.4 Å². The molecule has 1 aromatic rings. The van der Waals surface area contributed by atoms with Crippen LogP contribution in [0.25, 0.3) is 0 Å². The lowest BCUT2D eigenvalue weighted by Crippen LogP contribution is -2.61. The molecule has 6 atom stereocenters. The van der Waals surface area contributed by atoms with Crippen LogP contribution in [0.3, 0.4) is 0 Å².